The zero-order valence-electron chi connectivity index (χ0n) is 11.1. The topological polar surface area (TPSA) is 38.3 Å². The predicted molar refractivity (Wildman–Crippen MR) is 86.8 cm³/mol. The molecule has 0 aliphatic heterocycles. The molecule has 1 N–H and O–H groups in total. The van der Waals surface area contributed by atoms with Crippen LogP contribution in [0.3, 0.4) is 0 Å². The van der Waals surface area contributed by atoms with Crippen LogP contribution in [-0.4, -0.2) is 12.5 Å². The van der Waals surface area contributed by atoms with E-state index in [1.165, 1.54) is 12.1 Å². The van der Waals surface area contributed by atoms with Crippen LogP contribution < -0.4 is 10.1 Å². The molecule has 0 fully saturated rings. The molecule has 0 unspecified atom stereocenters. The van der Waals surface area contributed by atoms with Crippen LogP contribution in [0.25, 0.3) is 0 Å². The summed E-state index contributed by atoms with van der Waals surface area (Å²) in [5.74, 6) is 0.294. The largest absolute Gasteiger partial charge is 0.484 e. The molecule has 2 aromatic rings. The molecule has 0 atom stereocenters. The fourth-order valence-corrected chi connectivity index (χ4v) is 2.25. The molecular formula is C15H12Cl3NO2. The van der Waals surface area contributed by atoms with Gasteiger partial charge in [-0.3, -0.25) is 4.79 Å². The number of carbonyl (C=O) groups is 1. The summed E-state index contributed by atoms with van der Waals surface area (Å²) in [6.45, 7) is 1.82. The number of anilines is 1. The molecule has 0 bridgehead atoms. The van der Waals surface area contributed by atoms with Crippen molar-refractivity contribution < 1.29 is 9.53 Å². The Hall–Kier alpha value is -1.42. The highest BCUT2D eigenvalue weighted by Gasteiger charge is 2.10. The van der Waals surface area contributed by atoms with Gasteiger partial charge in [0.2, 0.25) is 0 Å². The summed E-state index contributed by atoms with van der Waals surface area (Å²) in [4.78, 5) is 11.8. The lowest BCUT2D eigenvalue weighted by Crippen LogP contribution is -2.20. The van der Waals surface area contributed by atoms with E-state index in [-0.39, 0.29) is 12.5 Å². The molecule has 0 aliphatic carbocycles. The number of hydrogen-bond acceptors (Lipinski definition) is 2. The first-order valence-corrected chi connectivity index (χ1v) is 7.23. The Morgan fingerprint density at radius 2 is 1.81 bits per heavy atom. The average molecular weight is 345 g/mol. The van der Waals surface area contributed by atoms with Gasteiger partial charge in [-0.05, 0) is 36.8 Å². The molecule has 0 radical (unpaired) electrons. The highest BCUT2D eigenvalue weighted by Crippen LogP contribution is 2.32. The van der Waals surface area contributed by atoms with Gasteiger partial charge in [0.05, 0.1) is 20.8 Å². The van der Waals surface area contributed by atoms with Crippen molar-refractivity contribution in [3.63, 3.8) is 0 Å². The lowest BCUT2D eigenvalue weighted by molar-refractivity contribution is -0.118. The van der Waals surface area contributed by atoms with Crippen LogP contribution >= 0.6 is 34.8 Å². The number of hydrogen-bond donors (Lipinski definition) is 1. The molecule has 0 aliphatic rings. The van der Waals surface area contributed by atoms with E-state index in [0.717, 1.165) is 5.56 Å². The smallest absolute Gasteiger partial charge is 0.262 e. The molecule has 2 rings (SSSR count). The minimum Gasteiger partial charge on any atom is -0.484 e. The van der Waals surface area contributed by atoms with E-state index in [4.69, 9.17) is 39.5 Å². The standard InChI is InChI=1S/C15H12Cl3NO2/c1-9-3-2-4-10(5-9)21-8-15(20)19-14-7-12(17)11(16)6-13(14)18/h2-7H,8H2,1H3,(H,19,20). The SMILES string of the molecule is Cc1cccc(OCC(=O)Nc2cc(Cl)c(Cl)cc2Cl)c1. The van der Waals surface area contributed by atoms with Gasteiger partial charge in [-0.15, -0.1) is 0 Å². The first-order valence-electron chi connectivity index (χ1n) is 6.09. The third-order valence-corrected chi connectivity index (χ3v) is 3.68. The maximum atomic E-state index is 11.8. The zero-order chi connectivity index (χ0) is 15.4. The molecule has 1 amide bonds. The Morgan fingerprint density at radius 1 is 1.10 bits per heavy atom. The highest BCUT2D eigenvalue weighted by molar-refractivity contribution is 6.44. The molecule has 0 heterocycles. The number of nitrogens with one attached hydrogen (secondary N) is 1. The van der Waals surface area contributed by atoms with Gasteiger partial charge in [0.15, 0.2) is 6.61 Å². The van der Waals surface area contributed by atoms with E-state index in [9.17, 15) is 4.79 Å². The van der Waals surface area contributed by atoms with E-state index < -0.39 is 0 Å². The Bertz CT molecular complexity index is 674. The van der Waals surface area contributed by atoms with Crippen LogP contribution in [-0.2, 0) is 4.79 Å². The second-order valence-corrected chi connectivity index (χ2v) is 5.62. The van der Waals surface area contributed by atoms with Gasteiger partial charge in [0, 0.05) is 0 Å². The maximum Gasteiger partial charge on any atom is 0.262 e. The molecule has 6 heteroatoms. The third kappa shape index (κ3) is 4.53. The van der Waals surface area contributed by atoms with Crippen molar-refractivity contribution in [1.82, 2.24) is 0 Å². The second kappa shape index (κ2) is 7.03. The lowest BCUT2D eigenvalue weighted by atomic mass is 10.2. The number of amides is 1. The number of rotatable bonds is 4. The summed E-state index contributed by atoms with van der Waals surface area (Å²) in [6, 6.07) is 10.4. The van der Waals surface area contributed by atoms with Gasteiger partial charge in [-0.1, -0.05) is 46.9 Å². The quantitative estimate of drug-likeness (QED) is 0.795. The minimum absolute atomic E-state index is 0.125. The van der Waals surface area contributed by atoms with E-state index >= 15 is 0 Å². The Labute approximate surface area is 137 Å². The van der Waals surface area contributed by atoms with Gasteiger partial charge in [0.1, 0.15) is 5.75 Å². The van der Waals surface area contributed by atoms with E-state index in [1.807, 2.05) is 25.1 Å². The van der Waals surface area contributed by atoms with Crippen molar-refractivity contribution in [2.45, 2.75) is 6.92 Å². The summed E-state index contributed by atoms with van der Waals surface area (Å²) in [7, 11) is 0. The number of benzene rings is 2. The van der Waals surface area contributed by atoms with Crippen molar-refractivity contribution in [3.05, 3.63) is 57.0 Å². The second-order valence-electron chi connectivity index (χ2n) is 4.40. The van der Waals surface area contributed by atoms with E-state index in [1.54, 1.807) is 6.07 Å². The first-order chi connectivity index (χ1) is 9.95. The monoisotopic (exact) mass is 343 g/mol. The summed E-state index contributed by atoms with van der Waals surface area (Å²) >= 11 is 17.7. The maximum absolute atomic E-state index is 11.8. The van der Waals surface area contributed by atoms with Gasteiger partial charge < -0.3 is 10.1 Å². The summed E-state index contributed by atoms with van der Waals surface area (Å²) in [5, 5.41) is 3.58. The van der Waals surface area contributed by atoms with Crippen LogP contribution in [0.15, 0.2) is 36.4 Å². The van der Waals surface area contributed by atoms with Crippen LogP contribution in [0.5, 0.6) is 5.75 Å². The molecule has 21 heavy (non-hydrogen) atoms. The van der Waals surface area contributed by atoms with E-state index in [2.05, 4.69) is 5.32 Å². The van der Waals surface area contributed by atoms with Crippen LogP contribution in [0.1, 0.15) is 5.56 Å². The summed E-state index contributed by atoms with van der Waals surface area (Å²) < 4.78 is 5.40. The van der Waals surface area contributed by atoms with Gasteiger partial charge in [-0.2, -0.15) is 0 Å². The van der Waals surface area contributed by atoms with Crippen molar-refractivity contribution >= 4 is 46.4 Å². The Kier molecular flexibility index (Phi) is 5.34. The number of ether oxygens (including phenoxy) is 1. The van der Waals surface area contributed by atoms with Crippen molar-refractivity contribution in [1.29, 1.82) is 0 Å². The molecule has 0 spiro atoms. The van der Waals surface area contributed by atoms with Crippen LogP contribution in [0.2, 0.25) is 15.1 Å². The first kappa shape index (κ1) is 16.0. The third-order valence-electron chi connectivity index (χ3n) is 2.64. The summed E-state index contributed by atoms with van der Waals surface area (Å²) in [6.07, 6.45) is 0. The predicted octanol–water partition coefficient (Wildman–Crippen LogP) is 4.97. The fourth-order valence-electron chi connectivity index (χ4n) is 1.66. The number of aryl methyl sites for hydroxylation is 1. The van der Waals surface area contributed by atoms with Crippen LogP contribution in [0, 0.1) is 6.92 Å². The molecule has 0 aromatic heterocycles. The lowest BCUT2D eigenvalue weighted by Gasteiger charge is -2.10. The van der Waals surface area contributed by atoms with E-state index in [0.29, 0.717) is 26.5 Å². The number of halogens is 3. The van der Waals surface area contributed by atoms with Crippen molar-refractivity contribution in [3.8, 4) is 5.75 Å². The van der Waals surface area contributed by atoms with Crippen molar-refractivity contribution in [2.24, 2.45) is 0 Å². The molecule has 2 aromatic carbocycles. The molecular weight excluding hydrogens is 333 g/mol. The van der Waals surface area contributed by atoms with Gasteiger partial charge in [-0.25, -0.2) is 0 Å². The van der Waals surface area contributed by atoms with Gasteiger partial charge >= 0.3 is 0 Å². The number of carbonyl (C=O) groups excluding carboxylic acids is 1. The summed E-state index contributed by atoms with van der Waals surface area (Å²) in [5.41, 5.74) is 1.45. The molecule has 0 saturated carbocycles. The van der Waals surface area contributed by atoms with Crippen molar-refractivity contribution in [2.75, 3.05) is 11.9 Å². The van der Waals surface area contributed by atoms with Gasteiger partial charge in [0.25, 0.3) is 5.91 Å². The molecule has 110 valence electrons. The Morgan fingerprint density at radius 3 is 2.52 bits per heavy atom. The fraction of sp³-hybridized carbons (Fsp3) is 0.133. The zero-order valence-corrected chi connectivity index (χ0v) is 13.4. The molecule has 0 saturated heterocycles. The highest BCUT2D eigenvalue weighted by atomic mass is 35.5. The van der Waals surface area contributed by atoms with Crippen LogP contribution in [0.4, 0.5) is 5.69 Å². The average Bonchev–Trinajstić information content (AvgIpc) is 2.43. The Balaban J connectivity index is 1.97. The normalized spacial score (nSPS) is 10.3. The minimum atomic E-state index is -0.336. The molecule has 3 nitrogen and oxygen atoms in total.